The van der Waals surface area contributed by atoms with Gasteiger partial charge in [-0.3, -0.25) is 4.79 Å². The summed E-state index contributed by atoms with van der Waals surface area (Å²) in [5, 5.41) is 2.81. The van der Waals surface area contributed by atoms with Crippen molar-refractivity contribution >= 4 is 26.0 Å². The van der Waals surface area contributed by atoms with E-state index in [-0.39, 0.29) is 29.4 Å². The van der Waals surface area contributed by atoms with Gasteiger partial charge in [-0.25, -0.2) is 16.8 Å². The van der Waals surface area contributed by atoms with Gasteiger partial charge in [0.05, 0.1) is 22.9 Å². The van der Waals surface area contributed by atoms with Crippen LogP contribution in [0.1, 0.15) is 36.5 Å². The molecule has 220 valence electrons. The van der Waals surface area contributed by atoms with Gasteiger partial charge in [0, 0.05) is 26.2 Å². The summed E-state index contributed by atoms with van der Waals surface area (Å²) in [5.41, 5.74) is 2.32. The number of carbonyl (C=O) groups excluding carboxylic acids is 1. The second kappa shape index (κ2) is 13.6. The fourth-order valence-corrected chi connectivity index (χ4v) is 7.72. The molecule has 1 amide bonds. The summed E-state index contributed by atoms with van der Waals surface area (Å²) >= 11 is 0. The van der Waals surface area contributed by atoms with Gasteiger partial charge in [-0.2, -0.15) is 8.61 Å². The molecule has 3 aromatic carbocycles. The third kappa shape index (κ3) is 7.73. The van der Waals surface area contributed by atoms with E-state index in [4.69, 9.17) is 4.74 Å². The van der Waals surface area contributed by atoms with Crippen LogP contribution in [0.5, 0.6) is 5.75 Å². The molecule has 3 aromatic rings. The van der Waals surface area contributed by atoms with Crippen LogP contribution in [0.15, 0.2) is 82.6 Å². The van der Waals surface area contributed by atoms with Crippen LogP contribution in [-0.4, -0.2) is 64.1 Å². The van der Waals surface area contributed by atoms with Crippen molar-refractivity contribution in [1.82, 2.24) is 13.9 Å². The van der Waals surface area contributed by atoms with Crippen molar-refractivity contribution in [3.05, 3.63) is 89.5 Å². The predicted molar refractivity (Wildman–Crippen MR) is 158 cm³/mol. The van der Waals surface area contributed by atoms with Crippen LogP contribution >= 0.6 is 0 Å². The SMILES string of the molecule is CCOc1ccc(S(=O)(=O)N(CC(=O)NCCc2ccc(S(=O)(=O)N3CCCC3)cc2)Cc2ccccc2)cc1C. The minimum atomic E-state index is -4.00. The molecule has 0 aliphatic carbocycles. The van der Waals surface area contributed by atoms with Crippen LogP contribution in [0, 0.1) is 6.92 Å². The maximum absolute atomic E-state index is 13.6. The molecule has 0 spiro atoms. The van der Waals surface area contributed by atoms with Crippen LogP contribution in [0.2, 0.25) is 0 Å². The van der Waals surface area contributed by atoms with Crippen molar-refractivity contribution < 1.29 is 26.4 Å². The molecule has 0 bridgehead atoms. The Hall–Kier alpha value is -3.25. The van der Waals surface area contributed by atoms with Crippen molar-refractivity contribution in [2.24, 2.45) is 0 Å². The summed E-state index contributed by atoms with van der Waals surface area (Å²) < 4.78 is 61.0. The van der Waals surface area contributed by atoms with E-state index in [0.29, 0.717) is 37.4 Å². The Morgan fingerprint density at radius 1 is 0.902 bits per heavy atom. The van der Waals surface area contributed by atoms with E-state index in [2.05, 4.69) is 5.32 Å². The molecule has 0 radical (unpaired) electrons. The Labute approximate surface area is 243 Å². The maximum Gasteiger partial charge on any atom is 0.243 e. The van der Waals surface area contributed by atoms with E-state index in [1.807, 2.05) is 37.3 Å². The van der Waals surface area contributed by atoms with Crippen molar-refractivity contribution in [2.45, 2.75) is 49.4 Å². The number of aryl methyl sites for hydroxylation is 1. The molecule has 9 nitrogen and oxygen atoms in total. The molecule has 1 N–H and O–H groups in total. The Bertz CT molecular complexity index is 1540. The lowest BCUT2D eigenvalue weighted by Gasteiger charge is -2.22. The topological polar surface area (TPSA) is 113 Å². The first-order valence-corrected chi connectivity index (χ1v) is 16.6. The first-order chi connectivity index (χ1) is 19.6. The first-order valence-electron chi connectivity index (χ1n) is 13.7. The second-order valence-electron chi connectivity index (χ2n) is 9.97. The van der Waals surface area contributed by atoms with Gasteiger partial charge in [0.1, 0.15) is 5.75 Å². The zero-order valence-corrected chi connectivity index (χ0v) is 25.1. The third-order valence-corrected chi connectivity index (χ3v) is 10.7. The Kier molecular flexibility index (Phi) is 10.2. The molecule has 0 unspecified atom stereocenters. The maximum atomic E-state index is 13.6. The highest BCUT2D eigenvalue weighted by Gasteiger charge is 2.28. The number of benzene rings is 3. The van der Waals surface area contributed by atoms with Crippen LogP contribution in [-0.2, 0) is 37.8 Å². The number of sulfonamides is 2. The quantitative estimate of drug-likeness (QED) is 0.321. The van der Waals surface area contributed by atoms with E-state index in [1.165, 1.54) is 14.7 Å². The standard InChI is InChI=1S/C30H37N3O6S2/c1-3-39-29-16-15-28(21-24(29)2)41(37,38)33(22-26-9-5-4-6-10-26)23-30(34)31-18-17-25-11-13-27(14-12-25)40(35,36)32-19-7-8-20-32/h4-6,9-16,21H,3,7-8,17-20,22-23H2,1-2H3,(H,31,34). The summed E-state index contributed by atoms with van der Waals surface area (Å²) in [5.74, 6) is 0.181. The van der Waals surface area contributed by atoms with Gasteiger partial charge in [-0.15, -0.1) is 0 Å². The van der Waals surface area contributed by atoms with Gasteiger partial charge in [-0.1, -0.05) is 42.5 Å². The van der Waals surface area contributed by atoms with Gasteiger partial charge in [0.25, 0.3) is 0 Å². The monoisotopic (exact) mass is 599 g/mol. The molecule has 1 aliphatic heterocycles. The molecule has 1 fully saturated rings. The Morgan fingerprint density at radius 3 is 2.20 bits per heavy atom. The Morgan fingerprint density at radius 2 is 1.56 bits per heavy atom. The molecule has 0 atom stereocenters. The highest BCUT2D eigenvalue weighted by molar-refractivity contribution is 7.89. The lowest BCUT2D eigenvalue weighted by molar-refractivity contribution is -0.121. The van der Waals surface area contributed by atoms with Crippen LogP contribution in [0.25, 0.3) is 0 Å². The number of hydrogen-bond acceptors (Lipinski definition) is 6. The fourth-order valence-electron chi connectivity index (χ4n) is 4.73. The van der Waals surface area contributed by atoms with Gasteiger partial charge < -0.3 is 10.1 Å². The van der Waals surface area contributed by atoms with Gasteiger partial charge in [0.2, 0.25) is 26.0 Å². The zero-order valence-electron chi connectivity index (χ0n) is 23.5. The van der Waals surface area contributed by atoms with Gasteiger partial charge >= 0.3 is 0 Å². The molecule has 11 heteroatoms. The number of nitrogens with one attached hydrogen (secondary N) is 1. The predicted octanol–water partition coefficient (Wildman–Crippen LogP) is 3.73. The largest absolute Gasteiger partial charge is 0.494 e. The van der Waals surface area contributed by atoms with Crippen LogP contribution < -0.4 is 10.1 Å². The lowest BCUT2D eigenvalue weighted by atomic mass is 10.1. The molecular formula is C30H37N3O6S2. The van der Waals surface area contributed by atoms with Crippen molar-refractivity contribution in [3.8, 4) is 5.75 Å². The molecule has 1 saturated heterocycles. The number of carbonyl (C=O) groups is 1. The highest BCUT2D eigenvalue weighted by atomic mass is 32.2. The summed E-state index contributed by atoms with van der Waals surface area (Å²) in [6, 6.07) is 20.5. The number of nitrogens with zero attached hydrogens (tertiary/aromatic N) is 2. The van der Waals surface area contributed by atoms with Crippen molar-refractivity contribution in [2.75, 3.05) is 32.8 Å². The lowest BCUT2D eigenvalue weighted by Crippen LogP contribution is -2.40. The average Bonchev–Trinajstić information content (AvgIpc) is 3.51. The summed E-state index contributed by atoms with van der Waals surface area (Å²) in [4.78, 5) is 13.3. The smallest absolute Gasteiger partial charge is 0.243 e. The molecule has 1 heterocycles. The minimum absolute atomic E-state index is 0.0375. The summed E-state index contributed by atoms with van der Waals surface area (Å²) in [6.45, 7) is 5.17. The molecule has 4 rings (SSSR count). The van der Waals surface area contributed by atoms with E-state index in [0.717, 1.165) is 24.0 Å². The zero-order chi connectivity index (χ0) is 29.5. The van der Waals surface area contributed by atoms with Crippen LogP contribution in [0.4, 0.5) is 0 Å². The summed E-state index contributed by atoms with van der Waals surface area (Å²) in [6.07, 6.45) is 2.22. The number of ether oxygens (including phenoxy) is 1. The van der Waals surface area contributed by atoms with Gasteiger partial charge in [-0.05, 0) is 80.1 Å². The molecule has 0 aromatic heterocycles. The van der Waals surface area contributed by atoms with Crippen molar-refractivity contribution in [1.29, 1.82) is 0 Å². The van der Waals surface area contributed by atoms with E-state index >= 15 is 0 Å². The van der Waals surface area contributed by atoms with Crippen LogP contribution in [0.3, 0.4) is 0 Å². The molecule has 41 heavy (non-hydrogen) atoms. The average molecular weight is 600 g/mol. The minimum Gasteiger partial charge on any atom is -0.494 e. The van der Waals surface area contributed by atoms with E-state index < -0.39 is 26.0 Å². The highest BCUT2D eigenvalue weighted by Crippen LogP contribution is 2.25. The third-order valence-electron chi connectivity index (χ3n) is 6.97. The second-order valence-corrected chi connectivity index (χ2v) is 13.8. The van der Waals surface area contributed by atoms with E-state index in [1.54, 1.807) is 43.3 Å². The normalized spacial score (nSPS) is 14.3. The van der Waals surface area contributed by atoms with Crippen molar-refractivity contribution in [3.63, 3.8) is 0 Å². The number of amides is 1. The first kappa shape index (κ1) is 30.7. The summed E-state index contributed by atoms with van der Waals surface area (Å²) in [7, 11) is -7.48. The molecular weight excluding hydrogens is 562 g/mol. The fraction of sp³-hybridized carbons (Fsp3) is 0.367. The molecule has 0 saturated carbocycles. The number of hydrogen-bond donors (Lipinski definition) is 1. The Balaban J connectivity index is 1.41. The van der Waals surface area contributed by atoms with E-state index in [9.17, 15) is 21.6 Å². The molecule has 1 aliphatic rings. The van der Waals surface area contributed by atoms with Gasteiger partial charge in [0.15, 0.2) is 0 Å². The number of rotatable bonds is 13.